The van der Waals surface area contributed by atoms with Gasteiger partial charge in [-0.25, -0.2) is 4.98 Å². The summed E-state index contributed by atoms with van der Waals surface area (Å²) in [6.45, 7) is 0. The van der Waals surface area contributed by atoms with E-state index in [0.717, 1.165) is 16.1 Å². The Morgan fingerprint density at radius 1 is 1.47 bits per heavy atom. The predicted molar refractivity (Wildman–Crippen MR) is 65.6 cm³/mol. The number of hydrogen-bond acceptors (Lipinski definition) is 2. The van der Waals surface area contributed by atoms with E-state index >= 15 is 0 Å². The summed E-state index contributed by atoms with van der Waals surface area (Å²) in [5.41, 5.74) is 0.939. The standard InChI is InChI=1S/C10H9BrClN3/c1-15-5-4-13-10(15)14-9-3-2-7(12)6-8(9)11/h2-6H,1H3,(H,13,14). The molecule has 1 heterocycles. The molecule has 0 amide bonds. The molecule has 2 aromatic rings. The first-order valence-corrected chi connectivity index (χ1v) is 5.53. The van der Waals surface area contributed by atoms with Crippen LogP contribution in [-0.2, 0) is 7.05 Å². The number of rotatable bonds is 2. The minimum atomic E-state index is 0.701. The van der Waals surface area contributed by atoms with E-state index in [1.54, 1.807) is 6.20 Å². The Balaban J connectivity index is 2.29. The van der Waals surface area contributed by atoms with E-state index in [-0.39, 0.29) is 0 Å². The van der Waals surface area contributed by atoms with Gasteiger partial charge in [-0.1, -0.05) is 11.6 Å². The van der Waals surface area contributed by atoms with Crippen molar-refractivity contribution < 1.29 is 0 Å². The normalized spacial score (nSPS) is 10.3. The lowest BCUT2D eigenvalue weighted by molar-refractivity contribution is 0.924. The van der Waals surface area contributed by atoms with E-state index in [9.17, 15) is 0 Å². The fraction of sp³-hybridized carbons (Fsp3) is 0.100. The van der Waals surface area contributed by atoms with Gasteiger partial charge < -0.3 is 9.88 Å². The number of aromatic nitrogens is 2. The highest BCUT2D eigenvalue weighted by atomic mass is 79.9. The molecule has 0 bridgehead atoms. The maximum atomic E-state index is 5.85. The number of anilines is 2. The van der Waals surface area contributed by atoms with Gasteiger partial charge in [0.05, 0.1) is 5.69 Å². The third-order valence-corrected chi connectivity index (χ3v) is 2.89. The van der Waals surface area contributed by atoms with Crippen LogP contribution in [0.1, 0.15) is 0 Å². The van der Waals surface area contributed by atoms with Gasteiger partial charge in [-0.15, -0.1) is 0 Å². The van der Waals surface area contributed by atoms with Gasteiger partial charge in [0.2, 0.25) is 5.95 Å². The molecule has 5 heteroatoms. The molecule has 15 heavy (non-hydrogen) atoms. The molecule has 0 unspecified atom stereocenters. The molecule has 0 aliphatic rings. The van der Waals surface area contributed by atoms with Crippen molar-refractivity contribution in [3.05, 3.63) is 40.1 Å². The lowest BCUT2D eigenvalue weighted by atomic mass is 10.3. The highest BCUT2D eigenvalue weighted by molar-refractivity contribution is 9.10. The zero-order valence-electron chi connectivity index (χ0n) is 8.04. The van der Waals surface area contributed by atoms with E-state index in [0.29, 0.717) is 5.02 Å². The van der Waals surface area contributed by atoms with Crippen LogP contribution in [0.3, 0.4) is 0 Å². The van der Waals surface area contributed by atoms with Gasteiger partial charge in [0.1, 0.15) is 0 Å². The Morgan fingerprint density at radius 3 is 2.87 bits per heavy atom. The lowest BCUT2D eigenvalue weighted by Gasteiger charge is -2.07. The van der Waals surface area contributed by atoms with Crippen LogP contribution in [0.15, 0.2) is 35.1 Å². The average Bonchev–Trinajstić information content (AvgIpc) is 2.57. The molecule has 1 N–H and O–H groups in total. The molecular formula is C10H9BrClN3. The van der Waals surface area contributed by atoms with Gasteiger partial charge in [-0.05, 0) is 34.1 Å². The Bertz CT molecular complexity index is 481. The fourth-order valence-corrected chi connectivity index (χ4v) is 1.98. The van der Waals surface area contributed by atoms with Gasteiger partial charge in [0.15, 0.2) is 0 Å². The zero-order valence-corrected chi connectivity index (χ0v) is 10.4. The van der Waals surface area contributed by atoms with Crippen molar-refractivity contribution in [3.8, 4) is 0 Å². The van der Waals surface area contributed by atoms with Crippen LogP contribution < -0.4 is 5.32 Å². The quantitative estimate of drug-likeness (QED) is 0.914. The van der Waals surface area contributed by atoms with Crippen LogP contribution >= 0.6 is 27.5 Å². The highest BCUT2D eigenvalue weighted by Gasteiger charge is 2.03. The van der Waals surface area contributed by atoms with Gasteiger partial charge in [-0.3, -0.25) is 0 Å². The first-order valence-electron chi connectivity index (χ1n) is 4.36. The van der Waals surface area contributed by atoms with Gasteiger partial charge in [0, 0.05) is 28.9 Å². The maximum absolute atomic E-state index is 5.85. The molecule has 1 aromatic heterocycles. The predicted octanol–water partition coefficient (Wildman–Crippen LogP) is 3.58. The van der Waals surface area contributed by atoms with E-state index in [2.05, 4.69) is 26.2 Å². The number of halogens is 2. The number of imidazole rings is 1. The first-order chi connectivity index (χ1) is 7.16. The van der Waals surface area contributed by atoms with Crippen LogP contribution in [0, 0.1) is 0 Å². The lowest BCUT2D eigenvalue weighted by Crippen LogP contribution is -1.98. The van der Waals surface area contributed by atoms with Crippen LogP contribution in [-0.4, -0.2) is 9.55 Å². The summed E-state index contributed by atoms with van der Waals surface area (Å²) in [6, 6.07) is 5.57. The average molecular weight is 287 g/mol. The molecule has 0 aliphatic carbocycles. The highest BCUT2D eigenvalue weighted by Crippen LogP contribution is 2.27. The second-order valence-corrected chi connectivity index (χ2v) is 4.40. The Labute approximate surface area is 101 Å². The SMILES string of the molecule is Cn1ccnc1Nc1ccc(Cl)cc1Br. The summed E-state index contributed by atoms with van der Waals surface area (Å²) in [7, 11) is 1.93. The summed E-state index contributed by atoms with van der Waals surface area (Å²) in [6.07, 6.45) is 3.62. The summed E-state index contributed by atoms with van der Waals surface area (Å²) in [5, 5.41) is 3.90. The number of nitrogens with zero attached hydrogens (tertiary/aromatic N) is 2. The summed E-state index contributed by atoms with van der Waals surface area (Å²) < 4.78 is 2.82. The second kappa shape index (κ2) is 4.24. The molecule has 1 aromatic carbocycles. The molecule has 0 spiro atoms. The molecule has 2 rings (SSSR count). The number of benzene rings is 1. The number of hydrogen-bond donors (Lipinski definition) is 1. The van der Waals surface area contributed by atoms with Crippen molar-refractivity contribution in [1.82, 2.24) is 9.55 Å². The Kier molecular flexibility index (Phi) is 2.98. The van der Waals surface area contributed by atoms with E-state index in [1.165, 1.54) is 0 Å². The van der Waals surface area contributed by atoms with Crippen molar-refractivity contribution in [2.75, 3.05) is 5.32 Å². The molecule has 0 radical (unpaired) electrons. The van der Waals surface area contributed by atoms with E-state index in [1.807, 2.05) is 36.0 Å². The number of aryl methyl sites for hydroxylation is 1. The van der Waals surface area contributed by atoms with Crippen molar-refractivity contribution in [3.63, 3.8) is 0 Å². The van der Waals surface area contributed by atoms with E-state index in [4.69, 9.17) is 11.6 Å². The van der Waals surface area contributed by atoms with Gasteiger partial charge in [-0.2, -0.15) is 0 Å². The van der Waals surface area contributed by atoms with Gasteiger partial charge >= 0.3 is 0 Å². The second-order valence-electron chi connectivity index (χ2n) is 3.11. The Morgan fingerprint density at radius 2 is 2.27 bits per heavy atom. The van der Waals surface area contributed by atoms with Crippen LogP contribution in [0.2, 0.25) is 5.02 Å². The molecule has 0 saturated heterocycles. The summed E-state index contributed by atoms with van der Waals surface area (Å²) in [4.78, 5) is 4.17. The molecule has 0 saturated carbocycles. The molecule has 0 aliphatic heterocycles. The number of nitrogens with one attached hydrogen (secondary N) is 1. The summed E-state index contributed by atoms with van der Waals surface area (Å²) in [5.74, 6) is 0.790. The molecule has 78 valence electrons. The van der Waals surface area contributed by atoms with Crippen molar-refractivity contribution in [2.45, 2.75) is 0 Å². The van der Waals surface area contributed by atoms with Crippen molar-refractivity contribution in [1.29, 1.82) is 0 Å². The minimum Gasteiger partial charge on any atom is -0.325 e. The van der Waals surface area contributed by atoms with Crippen molar-refractivity contribution >= 4 is 39.2 Å². The smallest absolute Gasteiger partial charge is 0.207 e. The van der Waals surface area contributed by atoms with E-state index < -0.39 is 0 Å². The van der Waals surface area contributed by atoms with Crippen LogP contribution in [0.25, 0.3) is 0 Å². The third kappa shape index (κ3) is 2.33. The zero-order chi connectivity index (χ0) is 10.8. The topological polar surface area (TPSA) is 29.9 Å². The van der Waals surface area contributed by atoms with Crippen molar-refractivity contribution in [2.24, 2.45) is 7.05 Å². The third-order valence-electron chi connectivity index (χ3n) is 2.00. The Hall–Kier alpha value is -1.000. The first kappa shape index (κ1) is 10.5. The minimum absolute atomic E-state index is 0.701. The molecular weight excluding hydrogens is 277 g/mol. The largest absolute Gasteiger partial charge is 0.325 e. The molecule has 0 atom stereocenters. The maximum Gasteiger partial charge on any atom is 0.207 e. The monoisotopic (exact) mass is 285 g/mol. The molecule has 0 fully saturated rings. The molecule has 3 nitrogen and oxygen atoms in total. The van der Waals surface area contributed by atoms with Gasteiger partial charge in [0.25, 0.3) is 0 Å². The van der Waals surface area contributed by atoms with Crippen LogP contribution in [0.4, 0.5) is 11.6 Å². The fourth-order valence-electron chi connectivity index (χ4n) is 1.20. The van der Waals surface area contributed by atoms with Crippen LogP contribution in [0.5, 0.6) is 0 Å². The summed E-state index contributed by atoms with van der Waals surface area (Å²) >= 11 is 9.28.